The highest BCUT2D eigenvalue weighted by Gasteiger charge is 2.38. The van der Waals surface area contributed by atoms with Crippen LogP contribution < -0.4 is 5.32 Å². The third kappa shape index (κ3) is 5.63. The molecule has 1 aromatic carbocycles. The van der Waals surface area contributed by atoms with Gasteiger partial charge in [0.05, 0.1) is 5.56 Å². The Bertz CT molecular complexity index is 974. The van der Waals surface area contributed by atoms with Crippen LogP contribution in [-0.4, -0.2) is 45.6 Å². The first-order valence-corrected chi connectivity index (χ1v) is 9.13. The third-order valence-electron chi connectivity index (χ3n) is 4.18. The number of carbonyl (C=O) groups is 1. The van der Waals surface area contributed by atoms with E-state index in [2.05, 4.69) is 29.9 Å². The Morgan fingerprint density at radius 2 is 1.93 bits per heavy atom. The van der Waals surface area contributed by atoms with Gasteiger partial charge in [0, 0.05) is 25.3 Å². The minimum absolute atomic E-state index is 0.0708. The van der Waals surface area contributed by atoms with Crippen LogP contribution in [0.25, 0.3) is 11.5 Å². The highest BCUT2D eigenvalue weighted by atomic mass is 19.3. The molecule has 1 N–H and O–H groups in total. The van der Waals surface area contributed by atoms with Crippen LogP contribution in [0.1, 0.15) is 28.7 Å². The molecule has 30 heavy (non-hydrogen) atoms. The molecule has 7 nitrogen and oxygen atoms in total. The number of hydrogen-bond acceptors (Lipinski definition) is 6. The van der Waals surface area contributed by atoms with Crippen molar-refractivity contribution in [3.63, 3.8) is 0 Å². The summed E-state index contributed by atoms with van der Waals surface area (Å²) in [5.41, 5.74) is 1.52. The summed E-state index contributed by atoms with van der Waals surface area (Å²) < 4.78 is 41.8. The van der Waals surface area contributed by atoms with Gasteiger partial charge in [-0.1, -0.05) is 35.5 Å². The zero-order valence-corrected chi connectivity index (χ0v) is 16.3. The number of carbonyl (C=O) groups excluding carboxylic acids is 1. The summed E-state index contributed by atoms with van der Waals surface area (Å²) in [5.74, 6) is -2.08. The van der Waals surface area contributed by atoms with Crippen LogP contribution >= 0.6 is 0 Å². The first kappa shape index (κ1) is 21.4. The van der Waals surface area contributed by atoms with Crippen molar-refractivity contribution >= 4 is 5.91 Å². The number of nitrogens with zero attached hydrogens (tertiary/aromatic N) is 4. The number of pyridine rings is 1. The molecule has 0 fully saturated rings. The summed E-state index contributed by atoms with van der Waals surface area (Å²) in [6.07, 6.45) is -3.47. The molecule has 0 spiro atoms. The predicted octanol–water partition coefficient (Wildman–Crippen LogP) is 3.40. The topological polar surface area (TPSA) is 84.2 Å². The Morgan fingerprint density at radius 3 is 2.53 bits per heavy atom. The van der Waals surface area contributed by atoms with Gasteiger partial charge >= 0.3 is 12.1 Å². The Labute approximate surface area is 170 Å². The van der Waals surface area contributed by atoms with E-state index in [-0.39, 0.29) is 29.0 Å². The van der Waals surface area contributed by atoms with Crippen LogP contribution in [0.15, 0.2) is 53.2 Å². The average molecular weight is 418 g/mol. The van der Waals surface area contributed by atoms with Gasteiger partial charge in [0.1, 0.15) is 5.69 Å². The van der Waals surface area contributed by atoms with Crippen molar-refractivity contribution < 1.29 is 22.5 Å². The zero-order chi connectivity index (χ0) is 21.7. The quantitative estimate of drug-likeness (QED) is 0.633. The molecule has 3 rings (SSSR count). The number of alkyl halides is 3. The fourth-order valence-corrected chi connectivity index (χ4v) is 2.88. The smallest absolute Gasteiger partial charge is 0.348 e. The van der Waals surface area contributed by atoms with Gasteiger partial charge in [0.2, 0.25) is 5.82 Å². The van der Waals surface area contributed by atoms with Crippen molar-refractivity contribution in [2.24, 2.45) is 0 Å². The number of likely N-dealkylation sites (N-methyl/N-ethyl adjacent to an activating group) is 1. The van der Waals surface area contributed by atoms with E-state index >= 15 is 0 Å². The molecule has 10 heteroatoms. The van der Waals surface area contributed by atoms with Gasteiger partial charge in [0.25, 0.3) is 5.91 Å². The number of amides is 1. The molecule has 0 aliphatic rings. The first-order valence-electron chi connectivity index (χ1n) is 9.13. The largest absolute Gasteiger partial charge is 0.471 e. The van der Waals surface area contributed by atoms with E-state index in [0.717, 1.165) is 6.54 Å². The Balaban J connectivity index is 1.55. The highest BCUT2D eigenvalue weighted by Crippen LogP contribution is 2.28. The van der Waals surface area contributed by atoms with Crippen molar-refractivity contribution in [3.05, 3.63) is 65.7 Å². The molecule has 0 saturated carbocycles. The van der Waals surface area contributed by atoms with E-state index in [4.69, 9.17) is 0 Å². The molecule has 0 saturated heterocycles. The zero-order valence-electron chi connectivity index (χ0n) is 16.3. The molecular weight excluding hydrogens is 398 g/mol. The van der Waals surface area contributed by atoms with Crippen LogP contribution in [0, 0.1) is 0 Å². The molecule has 0 unspecified atom stereocenters. The minimum Gasteiger partial charge on any atom is -0.348 e. The number of nitrogens with one attached hydrogen (secondary N) is 1. The number of benzene rings is 1. The molecule has 3 aromatic rings. The van der Waals surface area contributed by atoms with E-state index in [0.29, 0.717) is 6.54 Å². The lowest BCUT2D eigenvalue weighted by atomic mass is 10.2. The maximum Gasteiger partial charge on any atom is 0.471 e. The fourth-order valence-electron chi connectivity index (χ4n) is 2.88. The number of aromatic nitrogens is 3. The van der Waals surface area contributed by atoms with E-state index in [1.807, 2.05) is 44.3 Å². The lowest BCUT2D eigenvalue weighted by molar-refractivity contribution is -0.159. The van der Waals surface area contributed by atoms with E-state index in [1.165, 1.54) is 23.9 Å². The molecule has 1 atom stereocenters. The van der Waals surface area contributed by atoms with Gasteiger partial charge < -0.3 is 14.7 Å². The monoisotopic (exact) mass is 418 g/mol. The summed E-state index contributed by atoms with van der Waals surface area (Å²) in [6, 6.07) is 12.7. The van der Waals surface area contributed by atoms with E-state index in [1.54, 1.807) is 0 Å². The minimum atomic E-state index is -4.73. The maximum atomic E-state index is 12.5. The molecule has 0 radical (unpaired) electrons. The van der Waals surface area contributed by atoms with Gasteiger partial charge in [-0.15, -0.1) is 0 Å². The second kappa shape index (κ2) is 9.04. The molecule has 2 aromatic heterocycles. The Morgan fingerprint density at radius 1 is 1.20 bits per heavy atom. The average Bonchev–Trinajstić information content (AvgIpc) is 3.19. The predicted molar refractivity (Wildman–Crippen MR) is 102 cm³/mol. The number of rotatable bonds is 7. The van der Waals surface area contributed by atoms with Gasteiger partial charge in [0.15, 0.2) is 0 Å². The van der Waals surface area contributed by atoms with Crippen molar-refractivity contribution in [2.75, 3.05) is 13.6 Å². The van der Waals surface area contributed by atoms with Crippen LogP contribution in [-0.2, 0) is 12.7 Å². The highest BCUT2D eigenvalue weighted by molar-refractivity contribution is 5.94. The molecule has 0 aliphatic carbocycles. The second-order valence-corrected chi connectivity index (χ2v) is 6.91. The van der Waals surface area contributed by atoms with Crippen LogP contribution in [0.3, 0.4) is 0 Å². The molecule has 1 amide bonds. The fraction of sp³-hybridized carbons (Fsp3) is 0.300. The summed E-state index contributed by atoms with van der Waals surface area (Å²) >= 11 is 0. The van der Waals surface area contributed by atoms with Gasteiger partial charge in [-0.05, 0) is 31.7 Å². The van der Waals surface area contributed by atoms with Gasteiger partial charge in [-0.25, -0.2) is 0 Å². The van der Waals surface area contributed by atoms with Crippen molar-refractivity contribution in [2.45, 2.75) is 25.7 Å². The van der Waals surface area contributed by atoms with Crippen LogP contribution in [0.5, 0.6) is 0 Å². The Hall–Kier alpha value is -3.27. The van der Waals surface area contributed by atoms with Gasteiger partial charge in [-0.3, -0.25) is 9.78 Å². The van der Waals surface area contributed by atoms with Crippen LogP contribution in [0.2, 0.25) is 0 Å². The van der Waals surface area contributed by atoms with Crippen molar-refractivity contribution in [3.8, 4) is 11.5 Å². The molecular formula is C20H20F3N5O2. The van der Waals surface area contributed by atoms with Crippen molar-refractivity contribution in [1.82, 2.24) is 25.3 Å². The van der Waals surface area contributed by atoms with E-state index in [9.17, 15) is 18.0 Å². The molecule has 0 aliphatic heterocycles. The Kier molecular flexibility index (Phi) is 6.46. The summed E-state index contributed by atoms with van der Waals surface area (Å²) in [6.45, 7) is 3.27. The number of halogens is 3. The first-order chi connectivity index (χ1) is 14.2. The molecule has 158 valence electrons. The van der Waals surface area contributed by atoms with E-state index < -0.39 is 12.1 Å². The SMILES string of the molecule is C[C@H](CN(C)Cc1ccccc1)NC(=O)c1ccc(-c2noc(C(F)(F)[18F])n2)nc1. The number of hydrogen-bond donors (Lipinski definition) is 1. The standard InChI is InChI=1S/C20H20F3N5O2/c1-13(11-28(2)12-14-6-4-3-5-7-14)25-18(29)15-8-9-16(24-10-15)17-26-19(30-27-17)20(21,22)23/h3-10,13H,11-12H2,1-2H3,(H,25,29)/t13-/m1/s1/i21-1. The molecule has 0 bridgehead atoms. The van der Waals surface area contributed by atoms with Crippen molar-refractivity contribution in [1.29, 1.82) is 0 Å². The van der Waals surface area contributed by atoms with Crippen LogP contribution in [0.4, 0.5) is 13.2 Å². The summed E-state index contributed by atoms with van der Waals surface area (Å²) in [7, 11) is 1.96. The normalized spacial score (nSPS) is 12.7. The molecule has 2 heterocycles. The lowest BCUT2D eigenvalue weighted by Crippen LogP contribution is -2.40. The maximum absolute atomic E-state index is 12.5. The van der Waals surface area contributed by atoms with Gasteiger partial charge in [-0.2, -0.15) is 18.2 Å². The third-order valence-corrected chi connectivity index (χ3v) is 4.18. The second-order valence-electron chi connectivity index (χ2n) is 6.91. The summed E-state index contributed by atoms with van der Waals surface area (Å²) in [4.78, 5) is 21.7. The lowest BCUT2D eigenvalue weighted by Gasteiger charge is -2.22. The summed E-state index contributed by atoms with van der Waals surface area (Å²) in [5, 5.41) is 6.15.